The molecule has 0 fully saturated rings. The van der Waals surface area contributed by atoms with Crippen LogP contribution in [-0.4, -0.2) is 35.9 Å². The Bertz CT molecular complexity index is 1100. The molecule has 5 nitrogen and oxygen atoms in total. The molecule has 0 spiro atoms. The maximum absolute atomic E-state index is 13.7. The Morgan fingerprint density at radius 3 is 2.26 bits per heavy atom. The average Bonchev–Trinajstić information content (AvgIpc) is 2.81. The van der Waals surface area contributed by atoms with Crippen molar-refractivity contribution in [2.24, 2.45) is 0 Å². The Balaban J connectivity index is 1.98. The summed E-state index contributed by atoms with van der Waals surface area (Å²) < 4.78 is 5.36. The predicted molar refractivity (Wildman–Crippen MR) is 136 cm³/mol. The van der Waals surface area contributed by atoms with Gasteiger partial charge in [0.25, 0.3) is 0 Å². The standard InChI is InChI=1S/C28H31ClN2O3/c1-20(2)30-28(33)26(17-21-9-5-4-6-10-21)31(19-23-12-8-14-25(16-23)34-3)27(32)18-22-11-7-13-24(29)15-22/h4-16,20,26H,17-19H2,1-3H3,(H,30,33)/t26-/m0/s1. The third-order valence-corrected chi connectivity index (χ3v) is 5.67. The van der Waals surface area contributed by atoms with Gasteiger partial charge in [-0.05, 0) is 54.8 Å². The van der Waals surface area contributed by atoms with Crippen LogP contribution in [0.4, 0.5) is 0 Å². The molecule has 2 amide bonds. The fraction of sp³-hybridized carbons (Fsp3) is 0.286. The molecule has 34 heavy (non-hydrogen) atoms. The van der Waals surface area contributed by atoms with E-state index in [1.807, 2.05) is 80.6 Å². The summed E-state index contributed by atoms with van der Waals surface area (Å²) in [5.74, 6) is 0.372. The van der Waals surface area contributed by atoms with Crippen LogP contribution in [0.25, 0.3) is 0 Å². The highest BCUT2D eigenvalue weighted by molar-refractivity contribution is 6.30. The molecule has 1 N–H and O–H groups in total. The predicted octanol–water partition coefficient (Wildman–Crippen LogP) is 5.06. The van der Waals surface area contributed by atoms with Gasteiger partial charge in [0, 0.05) is 24.0 Å². The Kier molecular flexibility index (Phi) is 9.11. The SMILES string of the molecule is COc1cccc(CN(C(=O)Cc2cccc(Cl)c2)[C@@H](Cc2ccccc2)C(=O)NC(C)C)c1. The lowest BCUT2D eigenvalue weighted by Crippen LogP contribution is -2.52. The Morgan fingerprint density at radius 2 is 1.59 bits per heavy atom. The van der Waals surface area contributed by atoms with E-state index >= 15 is 0 Å². The fourth-order valence-electron chi connectivity index (χ4n) is 3.83. The van der Waals surface area contributed by atoms with Crippen LogP contribution in [0.2, 0.25) is 5.02 Å². The molecular formula is C28H31ClN2O3. The van der Waals surface area contributed by atoms with Crippen LogP contribution in [0, 0.1) is 0 Å². The van der Waals surface area contributed by atoms with Gasteiger partial charge in [0.1, 0.15) is 11.8 Å². The number of nitrogens with one attached hydrogen (secondary N) is 1. The maximum atomic E-state index is 13.7. The van der Waals surface area contributed by atoms with Crippen LogP contribution in [0.15, 0.2) is 78.9 Å². The van der Waals surface area contributed by atoms with Crippen molar-refractivity contribution in [3.63, 3.8) is 0 Å². The molecule has 3 aromatic carbocycles. The Labute approximate surface area is 206 Å². The number of amides is 2. The molecule has 6 heteroatoms. The summed E-state index contributed by atoms with van der Waals surface area (Å²) in [6, 6.07) is 23.8. The van der Waals surface area contributed by atoms with Gasteiger partial charge in [-0.1, -0.05) is 66.2 Å². The molecule has 3 aromatic rings. The van der Waals surface area contributed by atoms with Gasteiger partial charge in [-0.15, -0.1) is 0 Å². The van der Waals surface area contributed by atoms with Gasteiger partial charge in [-0.25, -0.2) is 0 Å². The lowest BCUT2D eigenvalue weighted by Gasteiger charge is -2.32. The summed E-state index contributed by atoms with van der Waals surface area (Å²) >= 11 is 6.15. The van der Waals surface area contributed by atoms with E-state index in [-0.39, 0.29) is 30.8 Å². The van der Waals surface area contributed by atoms with Crippen molar-refractivity contribution in [1.82, 2.24) is 10.2 Å². The first-order chi connectivity index (χ1) is 16.4. The normalized spacial score (nSPS) is 11.7. The van der Waals surface area contributed by atoms with Crippen molar-refractivity contribution in [2.45, 2.75) is 45.3 Å². The Hall–Kier alpha value is -3.31. The molecule has 0 radical (unpaired) electrons. The second kappa shape index (κ2) is 12.2. The van der Waals surface area contributed by atoms with Gasteiger partial charge in [0.05, 0.1) is 13.5 Å². The van der Waals surface area contributed by atoms with Gasteiger partial charge in [0.2, 0.25) is 11.8 Å². The van der Waals surface area contributed by atoms with Gasteiger partial charge < -0.3 is 15.0 Å². The summed E-state index contributed by atoms with van der Waals surface area (Å²) in [5, 5.41) is 3.57. The van der Waals surface area contributed by atoms with Crippen molar-refractivity contribution in [2.75, 3.05) is 7.11 Å². The molecule has 0 heterocycles. The number of carbonyl (C=O) groups is 2. The molecule has 0 aliphatic carbocycles. The number of benzene rings is 3. The maximum Gasteiger partial charge on any atom is 0.243 e. The molecule has 0 aromatic heterocycles. The number of hydrogen-bond acceptors (Lipinski definition) is 3. The molecule has 0 saturated heterocycles. The minimum atomic E-state index is -0.678. The Morgan fingerprint density at radius 1 is 0.912 bits per heavy atom. The monoisotopic (exact) mass is 478 g/mol. The summed E-state index contributed by atoms with van der Waals surface area (Å²) in [6.07, 6.45) is 0.551. The zero-order chi connectivity index (χ0) is 24.5. The highest BCUT2D eigenvalue weighted by Crippen LogP contribution is 2.20. The molecule has 0 aliphatic rings. The highest BCUT2D eigenvalue weighted by Gasteiger charge is 2.30. The number of nitrogens with zero attached hydrogens (tertiary/aromatic N) is 1. The number of rotatable bonds is 10. The zero-order valence-electron chi connectivity index (χ0n) is 19.8. The minimum absolute atomic E-state index is 0.0486. The van der Waals surface area contributed by atoms with Gasteiger partial charge in [-0.2, -0.15) is 0 Å². The molecule has 0 bridgehead atoms. The van der Waals surface area contributed by atoms with E-state index in [0.717, 1.165) is 16.7 Å². The van der Waals surface area contributed by atoms with Crippen LogP contribution in [0.3, 0.4) is 0 Å². The average molecular weight is 479 g/mol. The smallest absolute Gasteiger partial charge is 0.243 e. The fourth-order valence-corrected chi connectivity index (χ4v) is 4.04. The molecule has 178 valence electrons. The summed E-state index contributed by atoms with van der Waals surface area (Å²) in [4.78, 5) is 28.7. The number of carbonyl (C=O) groups excluding carboxylic acids is 2. The second-order valence-electron chi connectivity index (χ2n) is 8.55. The van der Waals surface area contributed by atoms with Crippen molar-refractivity contribution in [3.05, 3.63) is 101 Å². The first-order valence-electron chi connectivity index (χ1n) is 11.4. The third kappa shape index (κ3) is 7.35. The van der Waals surface area contributed by atoms with Gasteiger partial charge in [0.15, 0.2) is 0 Å². The third-order valence-electron chi connectivity index (χ3n) is 5.43. The van der Waals surface area contributed by atoms with Gasteiger partial charge in [-0.3, -0.25) is 9.59 Å². The molecule has 3 rings (SSSR count). The van der Waals surface area contributed by atoms with E-state index in [1.165, 1.54) is 0 Å². The number of halogens is 1. The van der Waals surface area contributed by atoms with E-state index in [4.69, 9.17) is 16.3 Å². The van der Waals surface area contributed by atoms with E-state index in [9.17, 15) is 9.59 Å². The topological polar surface area (TPSA) is 58.6 Å². The van der Waals surface area contributed by atoms with E-state index in [1.54, 1.807) is 24.1 Å². The lowest BCUT2D eigenvalue weighted by atomic mass is 10.0. The minimum Gasteiger partial charge on any atom is -0.497 e. The quantitative estimate of drug-likeness (QED) is 0.443. The summed E-state index contributed by atoms with van der Waals surface area (Å²) in [7, 11) is 1.61. The zero-order valence-corrected chi connectivity index (χ0v) is 20.6. The van der Waals surface area contributed by atoms with Crippen LogP contribution in [0.5, 0.6) is 5.75 Å². The van der Waals surface area contributed by atoms with E-state index in [2.05, 4.69) is 5.32 Å². The van der Waals surface area contributed by atoms with Crippen molar-refractivity contribution in [1.29, 1.82) is 0 Å². The van der Waals surface area contributed by atoms with Crippen molar-refractivity contribution < 1.29 is 14.3 Å². The number of methoxy groups -OCH3 is 1. The van der Waals surface area contributed by atoms with E-state index < -0.39 is 6.04 Å². The van der Waals surface area contributed by atoms with Crippen LogP contribution in [0.1, 0.15) is 30.5 Å². The van der Waals surface area contributed by atoms with Crippen LogP contribution < -0.4 is 10.1 Å². The molecule has 1 atom stereocenters. The number of ether oxygens (including phenoxy) is 1. The van der Waals surface area contributed by atoms with Crippen molar-refractivity contribution in [3.8, 4) is 5.75 Å². The molecule has 0 saturated carbocycles. The van der Waals surface area contributed by atoms with E-state index in [0.29, 0.717) is 17.2 Å². The molecular weight excluding hydrogens is 448 g/mol. The van der Waals surface area contributed by atoms with Crippen molar-refractivity contribution >= 4 is 23.4 Å². The second-order valence-corrected chi connectivity index (χ2v) is 8.99. The first-order valence-corrected chi connectivity index (χ1v) is 11.7. The van der Waals surface area contributed by atoms with Crippen LogP contribution in [-0.2, 0) is 29.0 Å². The summed E-state index contributed by atoms with van der Waals surface area (Å²) in [6.45, 7) is 4.11. The molecule has 0 unspecified atom stereocenters. The van der Waals surface area contributed by atoms with Crippen LogP contribution >= 0.6 is 11.6 Å². The number of hydrogen-bond donors (Lipinski definition) is 1. The lowest BCUT2D eigenvalue weighted by molar-refractivity contribution is -0.141. The largest absolute Gasteiger partial charge is 0.497 e. The van der Waals surface area contributed by atoms with Gasteiger partial charge >= 0.3 is 0 Å². The molecule has 0 aliphatic heterocycles. The summed E-state index contributed by atoms with van der Waals surface area (Å²) in [5.41, 5.74) is 2.67. The highest BCUT2D eigenvalue weighted by atomic mass is 35.5. The first kappa shape index (κ1) is 25.3.